The summed E-state index contributed by atoms with van der Waals surface area (Å²) in [6, 6.07) is 15.8. The van der Waals surface area contributed by atoms with Crippen LogP contribution in [-0.2, 0) is 6.42 Å². The van der Waals surface area contributed by atoms with E-state index in [1.54, 1.807) is 0 Å². The number of anilines is 2. The normalized spacial score (nSPS) is 10.3. The number of benzene rings is 2. The van der Waals surface area contributed by atoms with Crippen LogP contribution in [0.15, 0.2) is 67.0 Å². The summed E-state index contributed by atoms with van der Waals surface area (Å²) in [6.07, 6.45) is 4.86. The molecule has 0 aliphatic rings. The number of aryl methyl sites for hydroxylation is 1. The lowest BCUT2D eigenvalue weighted by Gasteiger charge is -2.07. The number of nitrogens with zero attached hydrogens (tertiary/aromatic N) is 2. The Balaban J connectivity index is 1.46. The smallest absolute Gasteiger partial charge is 0.258 e. The highest BCUT2D eigenvalue weighted by Crippen LogP contribution is 2.10. The van der Waals surface area contributed by atoms with Crippen molar-refractivity contribution in [3.8, 4) is 0 Å². The fraction of sp³-hybridized carbons (Fsp3) is 0.150. The van der Waals surface area contributed by atoms with Crippen molar-refractivity contribution < 1.29 is 9.18 Å². The number of carbonyl (C=O) groups is 1. The van der Waals surface area contributed by atoms with Crippen LogP contribution < -0.4 is 10.6 Å². The number of amides is 1. The Kier molecular flexibility index (Phi) is 5.88. The Morgan fingerprint density at radius 2 is 1.65 bits per heavy atom. The second-order valence-corrected chi connectivity index (χ2v) is 5.77. The molecule has 1 aromatic heterocycles. The molecular weight excluding hydrogens is 331 g/mol. The van der Waals surface area contributed by atoms with Gasteiger partial charge >= 0.3 is 0 Å². The van der Waals surface area contributed by atoms with Crippen LogP contribution in [0.4, 0.5) is 16.0 Å². The van der Waals surface area contributed by atoms with Crippen LogP contribution >= 0.6 is 0 Å². The van der Waals surface area contributed by atoms with E-state index in [9.17, 15) is 9.18 Å². The van der Waals surface area contributed by atoms with Crippen molar-refractivity contribution >= 4 is 17.5 Å². The maximum absolute atomic E-state index is 12.9. The molecule has 0 unspecified atom stereocenters. The van der Waals surface area contributed by atoms with Gasteiger partial charge in [0.05, 0.1) is 5.56 Å². The van der Waals surface area contributed by atoms with Crippen LogP contribution in [0.2, 0.25) is 0 Å². The molecule has 26 heavy (non-hydrogen) atoms. The first-order chi connectivity index (χ1) is 12.7. The van der Waals surface area contributed by atoms with Crippen molar-refractivity contribution in [2.75, 3.05) is 17.2 Å². The Hall–Kier alpha value is -3.28. The van der Waals surface area contributed by atoms with E-state index in [4.69, 9.17) is 0 Å². The summed E-state index contributed by atoms with van der Waals surface area (Å²) in [6.45, 7) is 0.746. The number of hydrogen-bond donors (Lipinski definition) is 2. The van der Waals surface area contributed by atoms with Gasteiger partial charge in [0.1, 0.15) is 5.82 Å². The lowest BCUT2D eigenvalue weighted by Crippen LogP contribution is -2.13. The maximum Gasteiger partial charge on any atom is 0.258 e. The third-order valence-corrected chi connectivity index (χ3v) is 3.78. The van der Waals surface area contributed by atoms with Gasteiger partial charge in [-0.1, -0.05) is 30.3 Å². The number of halogens is 1. The molecule has 1 amide bonds. The van der Waals surface area contributed by atoms with E-state index in [-0.39, 0.29) is 11.7 Å². The van der Waals surface area contributed by atoms with Crippen LogP contribution in [0.25, 0.3) is 0 Å². The zero-order valence-electron chi connectivity index (χ0n) is 14.2. The lowest BCUT2D eigenvalue weighted by molar-refractivity contribution is 0.102. The highest BCUT2D eigenvalue weighted by Gasteiger charge is 2.07. The standard InChI is InChI=1S/C20H19FN4O/c21-17-8-10-18(11-9-17)25-19(26)16-13-23-20(24-14-16)22-12-4-7-15-5-2-1-3-6-15/h1-3,5-6,8-11,13-14H,4,7,12H2,(H,25,26)(H,22,23,24). The predicted molar refractivity (Wildman–Crippen MR) is 99.6 cm³/mol. The summed E-state index contributed by atoms with van der Waals surface area (Å²) in [5.41, 5.74) is 2.15. The van der Waals surface area contributed by atoms with Gasteiger partial charge in [0.25, 0.3) is 5.91 Å². The highest BCUT2D eigenvalue weighted by molar-refractivity contribution is 6.03. The molecule has 0 saturated heterocycles. The second-order valence-electron chi connectivity index (χ2n) is 5.77. The molecule has 2 aromatic carbocycles. The number of rotatable bonds is 7. The quantitative estimate of drug-likeness (QED) is 0.634. The zero-order valence-corrected chi connectivity index (χ0v) is 14.2. The van der Waals surface area contributed by atoms with Gasteiger partial charge in [-0.25, -0.2) is 14.4 Å². The van der Waals surface area contributed by atoms with Gasteiger partial charge in [0.15, 0.2) is 0 Å². The lowest BCUT2D eigenvalue weighted by atomic mass is 10.1. The summed E-state index contributed by atoms with van der Waals surface area (Å²) < 4.78 is 12.9. The topological polar surface area (TPSA) is 66.9 Å². The number of carbonyl (C=O) groups excluding carboxylic acids is 1. The van der Waals surface area contributed by atoms with Gasteiger partial charge in [-0.05, 0) is 42.7 Å². The minimum Gasteiger partial charge on any atom is -0.354 e. The third kappa shape index (κ3) is 5.11. The van der Waals surface area contributed by atoms with Gasteiger partial charge in [-0.3, -0.25) is 4.79 Å². The first-order valence-corrected chi connectivity index (χ1v) is 8.37. The van der Waals surface area contributed by atoms with E-state index in [0.717, 1.165) is 19.4 Å². The molecule has 0 aliphatic carbocycles. The Bertz CT molecular complexity index is 836. The monoisotopic (exact) mass is 350 g/mol. The molecule has 0 aliphatic heterocycles. The Morgan fingerprint density at radius 3 is 2.35 bits per heavy atom. The minimum atomic E-state index is -0.353. The van der Waals surface area contributed by atoms with Crippen molar-refractivity contribution in [2.45, 2.75) is 12.8 Å². The van der Waals surface area contributed by atoms with Gasteiger partial charge in [0.2, 0.25) is 5.95 Å². The third-order valence-electron chi connectivity index (χ3n) is 3.78. The molecule has 0 radical (unpaired) electrons. The fourth-order valence-electron chi connectivity index (χ4n) is 2.41. The van der Waals surface area contributed by atoms with Crippen molar-refractivity contribution in [3.05, 3.63) is 83.9 Å². The molecule has 0 saturated carbocycles. The summed E-state index contributed by atoms with van der Waals surface area (Å²) in [5.74, 6) is -0.211. The predicted octanol–water partition coefficient (Wildman–Crippen LogP) is 3.91. The van der Waals surface area contributed by atoms with Crippen LogP contribution in [0.3, 0.4) is 0 Å². The van der Waals surface area contributed by atoms with Gasteiger partial charge < -0.3 is 10.6 Å². The highest BCUT2D eigenvalue weighted by atomic mass is 19.1. The van der Waals surface area contributed by atoms with E-state index >= 15 is 0 Å². The molecular formula is C20H19FN4O. The van der Waals surface area contributed by atoms with E-state index < -0.39 is 0 Å². The molecule has 6 heteroatoms. The van der Waals surface area contributed by atoms with Crippen molar-refractivity contribution in [2.24, 2.45) is 0 Å². The average molecular weight is 350 g/mol. The first-order valence-electron chi connectivity index (χ1n) is 8.37. The molecule has 132 valence electrons. The van der Waals surface area contributed by atoms with Gasteiger partial charge in [-0.15, -0.1) is 0 Å². The Labute approximate surface area is 151 Å². The number of nitrogens with one attached hydrogen (secondary N) is 2. The average Bonchev–Trinajstić information content (AvgIpc) is 2.68. The minimum absolute atomic E-state index is 0.337. The Morgan fingerprint density at radius 1 is 0.962 bits per heavy atom. The summed E-state index contributed by atoms with van der Waals surface area (Å²) in [5, 5.41) is 5.81. The summed E-state index contributed by atoms with van der Waals surface area (Å²) in [4.78, 5) is 20.4. The van der Waals surface area contributed by atoms with Crippen LogP contribution in [0, 0.1) is 5.82 Å². The van der Waals surface area contributed by atoms with Crippen LogP contribution in [0.5, 0.6) is 0 Å². The second kappa shape index (κ2) is 8.71. The molecule has 5 nitrogen and oxygen atoms in total. The van der Waals surface area contributed by atoms with Crippen molar-refractivity contribution in [1.82, 2.24) is 9.97 Å². The molecule has 2 N–H and O–H groups in total. The van der Waals surface area contributed by atoms with E-state index in [2.05, 4.69) is 32.7 Å². The number of hydrogen-bond acceptors (Lipinski definition) is 4. The molecule has 3 rings (SSSR count). The largest absolute Gasteiger partial charge is 0.354 e. The first kappa shape index (κ1) is 17.5. The van der Waals surface area contributed by atoms with Crippen LogP contribution in [-0.4, -0.2) is 22.4 Å². The molecule has 0 spiro atoms. The van der Waals surface area contributed by atoms with E-state index in [0.29, 0.717) is 17.2 Å². The number of aromatic nitrogens is 2. The molecule has 3 aromatic rings. The molecule has 0 atom stereocenters. The molecule has 0 bridgehead atoms. The van der Waals surface area contributed by atoms with Gasteiger partial charge in [0, 0.05) is 24.6 Å². The van der Waals surface area contributed by atoms with E-state index in [1.165, 1.54) is 42.2 Å². The molecule has 0 fully saturated rings. The fourth-order valence-corrected chi connectivity index (χ4v) is 2.41. The summed E-state index contributed by atoms with van der Waals surface area (Å²) >= 11 is 0. The zero-order chi connectivity index (χ0) is 18.2. The molecule has 1 heterocycles. The SMILES string of the molecule is O=C(Nc1ccc(F)cc1)c1cnc(NCCCc2ccccc2)nc1. The summed E-state index contributed by atoms with van der Waals surface area (Å²) in [7, 11) is 0. The van der Waals surface area contributed by atoms with E-state index in [1.807, 2.05) is 18.2 Å². The van der Waals surface area contributed by atoms with Crippen LogP contribution in [0.1, 0.15) is 22.3 Å². The maximum atomic E-state index is 12.9. The van der Waals surface area contributed by atoms with Crippen molar-refractivity contribution in [3.63, 3.8) is 0 Å². The van der Waals surface area contributed by atoms with Gasteiger partial charge in [-0.2, -0.15) is 0 Å². The van der Waals surface area contributed by atoms with Crippen molar-refractivity contribution in [1.29, 1.82) is 0 Å².